The number of hydrogen-bond donors (Lipinski definition) is 1. The van der Waals surface area contributed by atoms with Crippen molar-refractivity contribution in [2.75, 3.05) is 13.2 Å². The molecule has 0 atom stereocenters. The van der Waals surface area contributed by atoms with Gasteiger partial charge in [0.1, 0.15) is 23.0 Å². The molecule has 0 aliphatic carbocycles. The van der Waals surface area contributed by atoms with Gasteiger partial charge in [-0.1, -0.05) is 6.42 Å². The minimum atomic E-state index is -4.40. The first kappa shape index (κ1) is 22.3. The molecule has 1 aromatic carbocycles. The van der Waals surface area contributed by atoms with Crippen molar-refractivity contribution in [1.29, 1.82) is 0 Å². The largest absolute Gasteiger partial charge is 0.492 e. The van der Waals surface area contributed by atoms with Crippen molar-refractivity contribution in [3.8, 4) is 5.75 Å². The fourth-order valence-corrected chi connectivity index (χ4v) is 4.89. The van der Waals surface area contributed by atoms with Gasteiger partial charge in [-0.2, -0.15) is 13.2 Å². The molecule has 3 heterocycles. The first-order valence-electron chi connectivity index (χ1n) is 10.4. The van der Waals surface area contributed by atoms with E-state index >= 15 is 0 Å². The van der Waals surface area contributed by atoms with Gasteiger partial charge in [0.25, 0.3) is 11.5 Å². The molecule has 0 fully saturated rings. The van der Waals surface area contributed by atoms with E-state index in [0.717, 1.165) is 43.6 Å². The Labute approximate surface area is 186 Å². The van der Waals surface area contributed by atoms with Gasteiger partial charge in [0, 0.05) is 13.0 Å². The number of nitrogens with one attached hydrogen (secondary N) is 1. The Balaban J connectivity index is 1.41. The molecule has 1 amide bonds. The minimum Gasteiger partial charge on any atom is -0.492 e. The molecule has 32 heavy (non-hydrogen) atoms. The van der Waals surface area contributed by atoms with Crippen LogP contribution in [0.5, 0.6) is 5.75 Å². The third kappa shape index (κ3) is 4.50. The van der Waals surface area contributed by atoms with Crippen LogP contribution in [0.4, 0.5) is 13.2 Å². The monoisotopic (exact) mass is 465 g/mol. The van der Waals surface area contributed by atoms with Crippen molar-refractivity contribution in [2.24, 2.45) is 0 Å². The standard InChI is InChI=1S/C22H22F3N3O3S/c1-13-17-20(27-16-5-3-2-4-11-28(16)21(17)30)32-18(13)19(29)26-10-12-31-15-8-6-14(7-9-15)22(23,24)25/h6-9H,2-5,10-12H2,1H3,(H,26,29). The first-order valence-corrected chi connectivity index (χ1v) is 11.2. The number of rotatable bonds is 5. The summed E-state index contributed by atoms with van der Waals surface area (Å²) in [6.45, 7) is 2.65. The van der Waals surface area contributed by atoms with Crippen molar-refractivity contribution in [3.63, 3.8) is 0 Å². The zero-order valence-electron chi connectivity index (χ0n) is 17.4. The van der Waals surface area contributed by atoms with Crippen molar-refractivity contribution in [1.82, 2.24) is 14.9 Å². The highest BCUT2D eigenvalue weighted by Gasteiger charge is 2.30. The summed E-state index contributed by atoms with van der Waals surface area (Å²) in [4.78, 5) is 31.3. The molecule has 1 aliphatic rings. The van der Waals surface area contributed by atoms with Gasteiger partial charge in [0.05, 0.1) is 22.4 Å². The van der Waals surface area contributed by atoms with Crippen LogP contribution in [0.3, 0.4) is 0 Å². The fourth-order valence-electron chi connectivity index (χ4n) is 3.78. The molecule has 10 heteroatoms. The smallest absolute Gasteiger partial charge is 0.416 e. The highest BCUT2D eigenvalue weighted by atomic mass is 32.1. The normalized spacial score (nSPS) is 14.1. The summed E-state index contributed by atoms with van der Waals surface area (Å²) in [5.41, 5.74) is -0.228. The predicted molar refractivity (Wildman–Crippen MR) is 115 cm³/mol. The lowest BCUT2D eigenvalue weighted by molar-refractivity contribution is -0.137. The summed E-state index contributed by atoms with van der Waals surface area (Å²) in [5.74, 6) is 0.725. The summed E-state index contributed by atoms with van der Waals surface area (Å²) < 4.78 is 44.9. The van der Waals surface area contributed by atoms with E-state index in [2.05, 4.69) is 10.3 Å². The van der Waals surface area contributed by atoms with E-state index in [0.29, 0.717) is 27.2 Å². The minimum absolute atomic E-state index is 0.0923. The Bertz CT molecular complexity index is 1200. The van der Waals surface area contributed by atoms with Crippen LogP contribution in [0, 0.1) is 6.92 Å². The van der Waals surface area contributed by atoms with Gasteiger partial charge >= 0.3 is 6.18 Å². The number of amides is 1. The summed E-state index contributed by atoms with van der Waals surface area (Å²) in [7, 11) is 0. The average molecular weight is 465 g/mol. The third-order valence-electron chi connectivity index (χ3n) is 5.46. The second-order valence-electron chi connectivity index (χ2n) is 7.66. The van der Waals surface area contributed by atoms with Crippen LogP contribution < -0.4 is 15.6 Å². The number of ether oxygens (including phenoxy) is 1. The maximum atomic E-state index is 13.0. The molecule has 0 bridgehead atoms. The van der Waals surface area contributed by atoms with E-state index in [1.165, 1.54) is 23.5 Å². The Kier molecular flexibility index (Phi) is 6.23. The number of benzene rings is 1. The SMILES string of the molecule is Cc1c(C(=O)NCCOc2ccc(C(F)(F)F)cc2)sc2nc3n(c(=O)c12)CCCCC3. The van der Waals surface area contributed by atoms with E-state index < -0.39 is 11.7 Å². The number of halogens is 3. The topological polar surface area (TPSA) is 73.2 Å². The van der Waals surface area contributed by atoms with E-state index in [-0.39, 0.29) is 30.4 Å². The fraction of sp³-hybridized carbons (Fsp3) is 0.409. The van der Waals surface area contributed by atoms with Crippen molar-refractivity contribution in [2.45, 2.75) is 45.3 Å². The second kappa shape index (κ2) is 8.93. The molecule has 170 valence electrons. The van der Waals surface area contributed by atoms with E-state index in [9.17, 15) is 22.8 Å². The van der Waals surface area contributed by atoms with Gasteiger partial charge in [0.15, 0.2) is 0 Å². The average Bonchev–Trinajstić information content (AvgIpc) is 2.92. The van der Waals surface area contributed by atoms with Crippen molar-refractivity contribution < 1.29 is 22.7 Å². The third-order valence-corrected chi connectivity index (χ3v) is 6.64. The predicted octanol–water partition coefficient (Wildman–Crippen LogP) is 4.32. The lowest BCUT2D eigenvalue weighted by Gasteiger charge is -2.10. The summed E-state index contributed by atoms with van der Waals surface area (Å²) in [6.07, 6.45) is -0.642. The Morgan fingerprint density at radius 2 is 1.97 bits per heavy atom. The van der Waals surface area contributed by atoms with Crippen molar-refractivity contribution in [3.05, 3.63) is 56.4 Å². The number of carbonyl (C=O) groups excluding carboxylic acids is 1. The van der Waals surface area contributed by atoms with E-state index in [4.69, 9.17) is 4.74 Å². The van der Waals surface area contributed by atoms with Gasteiger partial charge in [-0.15, -0.1) is 11.3 Å². The summed E-state index contributed by atoms with van der Waals surface area (Å²) >= 11 is 1.20. The van der Waals surface area contributed by atoms with Gasteiger partial charge in [-0.3, -0.25) is 14.2 Å². The number of aryl methyl sites for hydroxylation is 2. The van der Waals surface area contributed by atoms with Crippen LogP contribution in [0.1, 0.15) is 45.9 Å². The van der Waals surface area contributed by atoms with Crippen LogP contribution in [0.15, 0.2) is 29.1 Å². The maximum absolute atomic E-state index is 13.0. The molecular weight excluding hydrogens is 443 g/mol. The van der Waals surface area contributed by atoms with E-state index in [1.54, 1.807) is 11.5 Å². The molecule has 1 aliphatic heterocycles. The molecule has 0 spiro atoms. The lowest BCUT2D eigenvalue weighted by atomic mass is 10.2. The number of thiophene rings is 1. The second-order valence-corrected chi connectivity index (χ2v) is 8.66. The molecule has 0 saturated carbocycles. The van der Waals surface area contributed by atoms with Gasteiger partial charge in [-0.05, 0) is 49.6 Å². The number of hydrogen-bond acceptors (Lipinski definition) is 5. The number of aromatic nitrogens is 2. The highest BCUT2D eigenvalue weighted by Crippen LogP contribution is 2.30. The molecule has 1 N–H and O–H groups in total. The zero-order chi connectivity index (χ0) is 22.9. The van der Waals surface area contributed by atoms with Crippen LogP contribution >= 0.6 is 11.3 Å². The van der Waals surface area contributed by atoms with Crippen LogP contribution in [0.25, 0.3) is 10.2 Å². The quantitative estimate of drug-likeness (QED) is 0.570. The molecule has 0 saturated heterocycles. The van der Waals surface area contributed by atoms with Gasteiger partial charge in [0.2, 0.25) is 0 Å². The Morgan fingerprint density at radius 3 is 2.69 bits per heavy atom. The molecule has 0 radical (unpaired) electrons. The lowest BCUT2D eigenvalue weighted by Crippen LogP contribution is -2.28. The Morgan fingerprint density at radius 1 is 1.22 bits per heavy atom. The maximum Gasteiger partial charge on any atom is 0.416 e. The molecular formula is C22H22F3N3O3S. The zero-order valence-corrected chi connectivity index (χ0v) is 18.2. The molecule has 2 aromatic heterocycles. The molecule has 3 aromatic rings. The molecule has 6 nitrogen and oxygen atoms in total. The summed E-state index contributed by atoms with van der Waals surface area (Å²) in [5, 5.41) is 3.23. The van der Waals surface area contributed by atoms with Crippen LogP contribution in [0.2, 0.25) is 0 Å². The van der Waals surface area contributed by atoms with Crippen molar-refractivity contribution >= 4 is 27.5 Å². The van der Waals surface area contributed by atoms with Crippen LogP contribution in [-0.4, -0.2) is 28.6 Å². The number of carbonyl (C=O) groups is 1. The molecule has 4 rings (SSSR count). The summed E-state index contributed by atoms with van der Waals surface area (Å²) in [6, 6.07) is 4.37. The number of alkyl halides is 3. The first-order chi connectivity index (χ1) is 15.3. The number of nitrogens with zero attached hydrogens (tertiary/aromatic N) is 2. The highest BCUT2D eigenvalue weighted by molar-refractivity contribution is 7.20. The van der Waals surface area contributed by atoms with Gasteiger partial charge in [-0.25, -0.2) is 4.98 Å². The Hall–Kier alpha value is -2.88. The number of fused-ring (bicyclic) bond motifs is 2. The molecule has 0 unspecified atom stereocenters. The van der Waals surface area contributed by atoms with E-state index in [1.807, 2.05) is 0 Å². The van der Waals surface area contributed by atoms with Gasteiger partial charge < -0.3 is 10.1 Å². The van der Waals surface area contributed by atoms with Crippen LogP contribution in [-0.2, 0) is 19.1 Å².